The average Bonchev–Trinajstić information content (AvgIpc) is 1.97. The average molecular weight is 178 g/mol. The summed E-state index contributed by atoms with van der Waals surface area (Å²) in [7, 11) is 0. The van der Waals surface area contributed by atoms with Crippen molar-refractivity contribution in [2.45, 2.75) is 45.1 Å². The number of rotatable bonds is 1. The molecule has 0 amide bonds. The molecule has 0 aliphatic heterocycles. The van der Waals surface area contributed by atoms with Gasteiger partial charge in [0.15, 0.2) is 0 Å². The van der Waals surface area contributed by atoms with Crippen molar-refractivity contribution in [2.24, 2.45) is 11.8 Å². The van der Waals surface area contributed by atoms with E-state index in [1.165, 1.54) is 0 Å². The van der Waals surface area contributed by atoms with Crippen LogP contribution in [0.15, 0.2) is 0 Å². The Morgan fingerprint density at radius 1 is 1.33 bits per heavy atom. The first-order valence-corrected chi connectivity index (χ1v) is 4.46. The third kappa shape index (κ3) is 1.76. The molecule has 1 nitrogen and oxygen atoms in total. The van der Waals surface area contributed by atoms with Gasteiger partial charge in [0.25, 0.3) is 6.43 Å². The normalized spacial score (nSPS) is 43.5. The van der Waals surface area contributed by atoms with Gasteiger partial charge < -0.3 is 5.11 Å². The van der Waals surface area contributed by atoms with Crippen LogP contribution in [0.1, 0.15) is 33.1 Å². The summed E-state index contributed by atoms with van der Waals surface area (Å²) in [4.78, 5) is 0. The van der Waals surface area contributed by atoms with Crippen molar-refractivity contribution in [3.8, 4) is 0 Å². The van der Waals surface area contributed by atoms with Gasteiger partial charge in [-0.15, -0.1) is 0 Å². The van der Waals surface area contributed by atoms with Gasteiger partial charge in [0.05, 0.1) is 0 Å². The number of halogens is 2. The van der Waals surface area contributed by atoms with Gasteiger partial charge in [0, 0.05) is 0 Å². The van der Waals surface area contributed by atoms with Gasteiger partial charge in [0.1, 0.15) is 5.60 Å². The lowest BCUT2D eigenvalue weighted by Gasteiger charge is -2.38. The summed E-state index contributed by atoms with van der Waals surface area (Å²) < 4.78 is 24.7. The molecule has 3 atom stereocenters. The molecule has 0 heterocycles. The summed E-state index contributed by atoms with van der Waals surface area (Å²) in [5.74, 6) is 0.668. The van der Waals surface area contributed by atoms with Gasteiger partial charge in [-0.1, -0.05) is 13.8 Å². The highest BCUT2D eigenvalue weighted by Gasteiger charge is 2.42. The van der Waals surface area contributed by atoms with Crippen molar-refractivity contribution in [2.75, 3.05) is 0 Å². The molecule has 0 aromatic carbocycles. The number of hydrogen-bond donors (Lipinski definition) is 1. The van der Waals surface area contributed by atoms with E-state index in [-0.39, 0.29) is 18.8 Å². The SMILES string of the molecule is CC1CCC(O)(C(F)F)CC1C. The lowest BCUT2D eigenvalue weighted by Crippen LogP contribution is -2.43. The number of aliphatic hydroxyl groups is 1. The molecule has 0 aromatic heterocycles. The van der Waals surface area contributed by atoms with Gasteiger partial charge in [-0.05, 0) is 31.1 Å². The molecule has 1 rings (SSSR count). The summed E-state index contributed by atoms with van der Waals surface area (Å²) in [6.07, 6.45) is -1.39. The van der Waals surface area contributed by atoms with Crippen LogP contribution in [0.3, 0.4) is 0 Å². The fraction of sp³-hybridized carbons (Fsp3) is 1.00. The number of hydrogen-bond acceptors (Lipinski definition) is 1. The summed E-state index contributed by atoms with van der Waals surface area (Å²) >= 11 is 0. The molecule has 1 saturated carbocycles. The fourth-order valence-corrected chi connectivity index (χ4v) is 1.82. The second kappa shape index (κ2) is 3.29. The molecule has 1 aliphatic rings. The summed E-state index contributed by atoms with van der Waals surface area (Å²) in [5, 5.41) is 9.49. The predicted octanol–water partition coefficient (Wildman–Crippen LogP) is 2.44. The third-order valence-electron chi connectivity index (χ3n) is 3.09. The molecular formula is C9H16F2O. The van der Waals surface area contributed by atoms with Crippen LogP contribution in [0, 0.1) is 11.8 Å². The Labute approximate surface area is 71.8 Å². The smallest absolute Gasteiger partial charge is 0.266 e. The molecule has 3 heteroatoms. The lowest BCUT2D eigenvalue weighted by atomic mass is 9.73. The molecule has 0 radical (unpaired) electrons. The van der Waals surface area contributed by atoms with Crippen LogP contribution in [0.25, 0.3) is 0 Å². The van der Waals surface area contributed by atoms with E-state index in [0.717, 1.165) is 0 Å². The largest absolute Gasteiger partial charge is 0.384 e. The zero-order valence-corrected chi connectivity index (χ0v) is 7.56. The Bertz CT molecular complexity index is 161. The van der Waals surface area contributed by atoms with E-state index in [0.29, 0.717) is 12.3 Å². The second-order valence-electron chi connectivity index (χ2n) is 4.10. The highest BCUT2D eigenvalue weighted by molar-refractivity contribution is 4.89. The van der Waals surface area contributed by atoms with E-state index in [9.17, 15) is 13.9 Å². The van der Waals surface area contributed by atoms with E-state index >= 15 is 0 Å². The monoisotopic (exact) mass is 178 g/mol. The highest BCUT2D eigenvalue weighted by Crippen LogP contribution is 2.39. The van der Waals surface area contributed by atoms with Crippen LogP contribution in [0.2, 0.25) is 0 Å². The van der Waals surface area contributed by atoms with Crippen molar-refractivity contribution >= 4 is 0 Å². The standard InChI is InChI=1S/C9H16F2O/c1-6-3-4-9(12,8(10)11)5-7(6)2/h6-8,12H,3-5H2,1-2H3. The molecule has 12 heavy (non-hydrogen) atoms. The molecule has 72 valence electrons. The van der Waals surface area contributed by atoms with Crippen LogP contribution in [-0.4, -0.2) is 17.1 Å². The molecule has 1 fully saturated rings. The van der Waals surface area contributed by atoms with Gasteiger partial charge in [-0.3, -0.25) is 0 Å². The first-order valence-electron chi connectivity index (χ1n) is 4.46. The van der Waals surface area contributed by atoms with Gasteiger partial charge in [0.2, 0.25) is 0 Å². The summed E-state index contributed by atoms with van der Waals surface area (Å²) in [6, 6.07) is 0. The Hall–Kier alpha value is -0.180. The zero-order valence-electron chi connectivity index (χ0n) is 7.56. The zero-order chi connectivity index (χ0) is 9.35. The maximum Gasteiger partial charge on any atom is 0.266 e. The maximum absolute atomic E-state index is 12.4. The van der Waals surface area contributed by atoms with Crippen molar-refractivity contribution < 1.29 is 13.9 Å². The molecule has 0 saturated heterocycles. The molecule has 1 N–H and O–H groups in total. The molecule has 0 bridgehead atoms. The van der Waals surface area contributed by atoms with Gasteiger partial charge in [-0.25, -0.2) is 8.78 Å². The number of alkyl halides is 2. The lowest BCUT2D eigenvalue weighted by molar-refractivity contribution is -0.132. The summed E-state index contributed by atoms with van der Waals surface area (Å²) in [5.41, 5.74) is -1.70. The maximum atomic E-state index is 12.4. The van der Waals surface area contributed by atoms with Crippen LogP contribution >= 0.6 is 0 Å². The van der Waals surface area contributed by atoms with Crippen LogP contribution in [-0.2, 0) is 0 Å². The highest BCUT2D eigenvalue weighted by atomic mass is 19.3. The molecule has 0 aromatic rings. The minimum atomic E-state index is -2.59. The van der Waals surface area contributed by atoms with Crippen molar-refractivity contribution in [1.29, 1.82) is 0 Å². The van der Waals surface area contributed by atoms with Crippen molar-refractivity contribution in [1.82, 2.24) is 0 Å². The first-order chi connectivity index (χ1) is 5.46. The minimum absolute atomic E-state index is 0.206. The van der Waals surface area contributed by atoms with Crippen LogP contribution < -0.4 is 0 Å². The molecular weight excluding hydrogens is 162 g/mol. The molecule has 3 unspecified atom stereocenters. The minimum Gasteiger partial charge on any atom is -0.384 e. The quantitative estimate of drug-likeness (QED) is 0.653. The van der Waals surface area contributed by atoms with E-state index in [2.05, 4.69) is 6.92 Å². The van der Waals surface area contributed by atoms with E-state index < -0.39 is 12.0 Å². The summed E-state index contributed by atoms with van der Waals surface area (Å²) in [6.45, 7) is 3.98. The molecule has 1 aliphatic carbocycles. The third-order valence-corrected chi connectivity index (χ3v) is 3.09. The van der Waals surface area contributed by atoms with Gasteiger partial charge >= 0.3 is 0 Å². The predicted molar refractivity (Wildman–Crippen MR) is 43.1 cm³/mol. The topological polar surface area (TPSA) is 20.2 Å². The second-order valence-corrected chi connectivity index (χ2v) is 4.10. The van der Waals surface area contributed by atoms with Crippen molar-refractivity contribution in [3.63, 3.8) is 0 Å². The van der Waals surface area contributed by atoms with Crippen LogP contribution in [0.4, 0.5) is 8.78 Å². The van der Waals surface area contributed by atoms with E-state index in [1.54, 1.807) is 0 Å². The van der Waals surface area contributed by atoms with E-state index in [1.807, 2.05) is 6.92 Å². The Balaban J connectivity index is 2.60. The van der Waals surface area contributed by atoms with E-state index in [4.69, 9.17) is 0 Å². The fourth-order valence-electron chi connectivity index (χ4n) is 1.82. The Morgan fingerprint density at radius 2 is 1.92 bits per heavy atom. The van der Waals surface area contributed by atoms with Crippen LogP contribution in [0.5, 0.6) is 0 Å². The molecule has 0 spiro atoms. The van der Waals surface area contributed by atoms with Gasteiger partial charge in [-0.2, -0.15) is 0 Å². The first kappa shape index (κ1) is 9.90. The Morgan fingerprint density at radius 3 is 2.33 bits per heavy atom. The van der Waals surface area contributed by atoms with Crippen molar-refractivity contribution in [3.05, 3.63) is 0 Å². The Kier molecular flexibility index (Phi) is 2.71.